The Morgan fingerprint density at radius 3 is 2.65 bits per heavy atom. The third kappa shape index (κ3) is 5.61. The van der Waals surface area contributed by atoms with Crippen LogP contribution in [0.3, 0.4) is 0 Å². The number of nitrogens with one attached hydrogen (secondary N) is 1. The van der Waals surface area contributed by atoms with E-state index in [1.165, 1.54) is 0 Å². The standard InChI is InChI=1S/C16H26N2O2/c1-12(2)10-14(11-17)18-16(19)9-8-13-6-4-5-7-15(13)20-3/h4-7,12,14H,8-11,17H2,1-3H3,(H,18,19). The van der Waals surface area contributed by atoms with Gasteiger partial charge in [-0.3, -0.25) is 4.79 Å². The minimum Gasteiger partial charge on any atom is -0.496 e. The molecule has 0 fully saturated rings. The van der Waals surface area contributed by atoms with Crippen LogP contribution in [-0.4, -0.2) is 25.6 Å². The van der Waals surface area contributed by atoms with Crippen molar-refractivity contribution in [2.75, 3.05) is 13.7 Å². The number of hydrogen-bond donors (Lipinski definition) is 2. The van der Waals surface area contributed by atoms with Gasteiger partial charge in [0.25, 0.3) is 0 Å². The predicted molar refractivity (Wildman–Crippen MR) is 81.8 cm³/mol. The van der Waals surface area contributed by atoms with Crippen LogP contribution in [0.15, 0.2) is 24.3 Å². The zero-order valence-electron chi connectivity index (χ0n) is 12.7. The first-order valence-electron chi connectivity index (χ1n) is 7.18. The highest BCUT2D eigenvalue weighted by atomic mass is 16.5. The molecule has 112 valence electrons. The molecule has 0 aliphatic carbocycles. The lowest BCUT2D eigenvalue weighted by atomic mass is 10.0. The normalized spacial score (nSPS) is 12.2. The molecule has 0 aliphatic rings. The maximum atomic E-state index is 12.0. The molecular weight excluding hydrogens is 252 g/mol. The molecule has 1 amide bonds. The molecule has 0 saturated heterocycles. The van der Waals surface area contributed by atoms with Gasteiger partial charge < -0.3 is 15.8 Å². The van der Waals surface area contributed by atoms with Gasteiger partial charge in [0.2, 0.25) is 5.91 Å². The minimum atomic E-state index is 0.0482. The molecule has 4 nitrogen and oxygen atoms in total. The molecule has 0 radical (unpaired) electrons. The molecule has 0 spiro atoms. The molecule has 4 heteroatoms. The van der Waals surface area contributed by atoms with E-state index in [1.807, 2.05) is 24.3 Å². The number of amides is 1. The summed E-state index contributed by atoms with van der Waals surface area (Å²) < 4.78 is 5.28. The summed E-state index contributed by atoms with van der Waals surface area (Å²) in [5.41, 5.74) is 6.74. The Labute approximate surface area is 121 Å². The van der Waals surface area contributed by atoms with Crippen LogP contribution in [0, 0.1) is 5.92 Å². The SMILES string of the molecule is COc1ccccc1CCC(=O)NC(CN)CC(C)C. The summed E-state index contributed by atoms with van der Waals surface area (Å²) in [5, 5.41) is 3.00. The molecule has 0 aliphatic heterocycles. The third-order valence-electron chi connectivity index (χ3n) is 3.22. The fourth-order valence-electron chi connectivity index (χ4n) is 2.24. The maximum Gasteiger partial charge on any atom is 0.220 e. The second-order valence-corrected chi connectivity index (χ2v) is 5.44. The highest BCUT2D eigenvalue weighted by Gasteiger charge is 2.13. The van der Waals surface area contributed by atoms with Gasteiger partial charge in [-0.1, -0.05) is 32.0 Å². The van der Waals surface area contributed by atoms with Gasteiger partial charge in [-0.25, -0.2) is 0 Å². The summed E-state index contributed by atoms with van der Waals surface area (Å²) in [6, 6.07) is 7.85. The van der Waals surface area contributed by atoms with E-state index in [4.69, 9.17) is 10.5 Å². The molecule has 1 atom stereocenters. The minimum absolute atomic E-state index is 0.0482. The highest BCUT2D eigenvalue weighted by Crippen LogP contribution is 2.18. The molecule has 1 aromatic rings. The van der Waals surface area contributed by atoms with Gasteiger partial charge in [-0.05, 0) is 30.4 Å². The Balaban J connectivity index is 2.46. The van der Waals surface area contributed by atoms with Gasteiger partial charge in [0.15, 0.2) is 0 Å². The first kappa shape index (κ1) is 16.5. The van der Waals surface area contributed by atoms with Crippen molar-refractivity contribution in [3.8, 4) is 5.75 Å². The van der Waals surface area contributed by atoms with Crippen LogP contribution in [0.2, 0.25) is 0 Å². The monoisotopic (exact) mass is 278 g/mol. The van der Waals surface area contributed by atoms with E-state index in [-0.39, 0.29) is 11.9 Å². The number of para-hydroxylation sites is 1. The Hall–Kier alpha value is -1.55. The fourth-order valence-corrected chi connectivity index (χ4v) is 2.24. The van der Waals surface area contributed by atoms with Crippen LogP contribution in [-0.2, 0) is 11.2 Å². The molecule has 3 N–H and O–H groups in total. The lowest BCUT2D eigenvalue weighted by Gasteiger charge is -2.19. The van der Waals surface area contributed by atoms with Gasteiger partial charge in [0.1, 0.15) is 5.75 Å². The van der Waals surface area contributed by atoms with Crippen LogP contribution >= 0.6 is 0 Å². The van der Waals surface area contributed by atoms with Crippen molar-refractivity contribution in [2.45, 2.75) is 39.2 Å². The number of hydrogen-bond acceptors (Lipinski definition) is 3. The first-order valence-corrected chi connectivity index (χ1v) is 7.18. The smallest absolute Gasteiger partial charge is 0.220 e. The van der Waals surface area contributed by atoms with E-state index in [9.17, 15) is 4.79 Å². The summed E-state index contributed by atoms with van der Waals surface area (Å²) in [6.45, 7) is 4.74. The molecule has 1 rings (SSSR count). The van der Waals surface area contributed by atoms with E-state index < -0.39 is 0 Å². The maximum absolute atomic E-state index is 12.0. The average Bonchev–Trinajstić information content (AvgIpc) is 2.44. The zero-order chi connectivity index (χ0) is 15.0. The van der Waals surface area contributed by atoms with Crippen molar-refractivity contribution in [1.29, 1.82) is 0 Å². The molecule has 1 unspecified atom stereocenters. The average molecular weight is 278 g/mol. The molecular formula is C16H26N2O2. The van der Waals surface area contributed by atoms with Crippen LogP contribution in [0.5, 0.6) is 5.75 Å². The Kier molecular flexibility index (Phi) is 7.09. The number of nitrogens with two attached hydrogens (primary N) is 1. The molecule has 20 heavy (non-hydrogen) atoms. The van der Waals surface area contributed by atoms with Crippen molar-refractivity contribution in [2.24, 2.45) is 11.7 Å². The lowest BCUT2D eigenvalue weighted by molar-refractivity contribution is -0.121. The first-order chi connectivity index (χ1) is 9.56. The summed E-state index contributed by atoms with van der Waals surface area (Å²) >= 11 is 0. The predicted octanol–water partition coefficient (Wildman–Crippen LogP) is 2.12. The number of benzene rings is 1. The summed E-state index contributed by atoms with van der Waals surface area (Å²) in [5.74, 6) is 1.41. The van der Waals surface area contributed by atoms with E-state index in [1.54, 1.807) is 7.11 Å². The fraction of sp³-hybridized carbons (Fsp3) is 0.562. The summed E-state index contributed by atoms with van der Waals surface area (Å²) in [4.78, 5) is 12.0. The number of rotatable bonds is 8. The van der Waals surface area contributed by atoms with Crippen molar-refractivity contribution in [3.63, 3.8) is 0 Å². The van der Waals surface area contributed by atoms with Crippen LogP contribution < -0.4 is 15.8 Å². The Morgan fingerprint density at radius 2 is 2.05 bits per heavy atom. The van der Waals surface area contributed by atoms with Gasteiger partial charge in [-0.15, -0.1) is 0 Å². The molecule has 0 saturated carbocycles. The van der Waals surface area contributed by atoms with Crippen molar-refractivity contribution in [1.82, 2.24) is 5.32 Å². The van der Waals surface area contributed by atoms with Gasteiger partial charge in [0, 0.05) is 19.0 Å². The third-order valence-corrected chi connectivity index (χ3v) is 3.22. The highest BCUT2D eigenvalue weighted by molar-refractivity contribution is 5.76. The van der Waals surface area contributed by atoms with E-state index >= 15 is 0 Å². The summed E-state index contributed by atoms with van der Waals surface area (Å²) in [6.07, 6.45) is 2.04. The van der Waals surface area contributed by atoms with Crippen LogP contribution in [0.1, 0.15) is 32.3 Å². The van der Waals surface area contributed by atoms with Gasteiger partial charge in [0.05, 0.1) is 7.11 Å². The number of carbonyl (C=O) groups is 1. The quantitative estimate of drug-likeness (QED) is 0.765. The number of methoxy groups -OCH3 is 1. The van der Waals surface area contributed by atoms with Crippen molar-refractivity contribution in [3.05, 3.63) is 29.8 Å². The largest absolute Gasteiger partial charge is 0.496 e. The topological polar surface area (TPSA) is 64.3 Å². The number of aryl methyl sites for hydroxylation is 1. The zero-order valence-corrected chi connectivity index (χ0v) is 12.7. The van der Waals surface area contributed by atoms with E-state index in [0.29, 0.717) is 25.3 Å². The van der Waals surface area contributed by atoms with Gasteiger partial charge >= 0.3 is 0 Å². The molecule has 0 heterocycles. The lowest BCUT2D eigenvalue weighted by Crippen LogP contribution is -2.41. The van der Waals surface area contributed by atoms with Gasteiger partial charge in [-0.2, -0.15) is 0 Å². The van der Waals surface area contributed by atoms with E-state index in [0.717, 1.165) is 17.7 Å². The van der Waals surface area contributed by atoms with Crippen LogP contribution in [0.25, 0.3) is 0 Å². The number of carbonyl (C=O) groups excluding carboxylic acids is 1. The Morgan fingerprint density at radius 1 is 1.35 bits per heavy atom. The van der Waals surface area contributed by atoms with Crippen molar-refractivity contribution >= 4 is 5.91 Å². The van der Waals surface area contributed by atoms with E-state index in [2.05, 4.69) is 19.2 Å². The molecule has 1 aromatic carbocycles. The van der Waals surface area contributed by atoms with Crippen molar-refractivity contribution < 1.29 is 9.53 Å². The summed E-state index contributed by atoms with van der Waals surface area (Å²) in [7, 11) is 1.64. The van der Waals surface area contributed by atoms with Crippen LogP contribution in [0.4, 0.5) is 0 Å². The number of ether oxygens (including phenoxy) is 1. The Bertz CT molecular complexity index is 419. The molecule has 0 aromatic heterocycles. The molecule has 0 bridgehead atoms. The second-order valence-electron chi connectivity index (χ2n) is 5.44. The second kappa shape index (κ2) is 8.59.